The van der Waals surface area contributed by atoms with Crippen LogP contribution in [0.5, 0.6) is 0 Å². The predicted octanol–water partition coefficient (Wildman–Crippen LogP) is 3.03. The van der Waals surface area contributed by atoms with Crippen LogP contribution in [0.1, 0.15) is 35.9 Å². The third-order valence-electron chi connectivity index (χ3n) is 5.33. The van der Waals surface area contributed by atoms with Gasteiger partial charge in [-0.25, -0.2) is 4.98 Å². The molecule has 1 N–H and O–H groups in total. The summed E-state index contributed by atoms with van der Waals surface area (Å²) >= 11 is 1.65. The highest BCUT2D eigenvalue weighted by Gasteiger charge is 2.46. The van der Waals surface area contributed by atoms with Gasteiger partial charge in [0.25, 0.3) is 0 Å². The highest BCUT2D eigenvalue weighted by Crippen LogP contribution is 2.44. The second-order valence-corrected chi connectivity index (χ2v) is 7.66. The molecule has 2 aliphatic heterocycles. The average molecular weight is 341 g/mol. The first-order valence-electron chi connectivity index (χ1n) is 8.79. The Labute approximate surface area is 146 Å². The van der Waals surface area contributed by atoms with E-state index in [1.165, 1.54) is 12.0 Å². The molecule has 0 bridgehead atoms. The van der Waals surface area contributed by atoms with Crippen molar-refractivity contribution in [3.63, 3.8) is 0 Å². The van der Waals surface area contributed by atoms with Gasteiger partial charge in [-0.15, -0.1) is 11.3 Å². The van der Waals surface area contributed by atoms with E-state index in [2.05, 4.69) is 45.5 Å². The average Bonchev–Trinajstić information content (AvgIpc) is 3.33. The highest BCUT2D eigenvalue weighted by molar-refractivity contribution is 7.09. The number of aromatic nitrogens is 1. The number of hydrogen-bond donors (Lipinski definition) is 1. The van der Waals surface area contributed by atoms with Crippen LogP contribution in [0.4, 0.5) is 0 Å². The molecule has 1 amide bonds. The Bertz CT molecular complexity index is 673. The number of nitrogens with one attached hydrogen (secondary N) is 1. The van der Waals surface area contributed by atoms with Crippen molar-refractivity contribution in [3.8, 4) is 0 Å². The van der Waals surface area contributed by atoms with Gasteiger partial charge >= 0.3 is 0 Å². The van der Waals surface area contributed by atoms with Gasteiger partial charge in [-0.05, 0) is 31.4 Å². The number of carbonyl (C=O) groups is 1. The van der Waals surface area contributed by atoms with Gasteiger partial charge in [-0.1, -0.05) is 30.3 Å². The van der Waals surface area contributed by atoms with Crippen LogP contribution in [0.25, 0.3) is 0 Å². The van der Waals surface area contributed by atoms with E-state index in [9.17, 15) is 4.79 Å². The maximum atomic E-state index is 12.7. The zero-order chi connectivity index (χ0) is 16.4. The lowest BCUT2D eigenvalue weighted by molar-refractivity contribution is -0.125. The Hall–Kier alpha value is -1.72. The fourth-order valence-corrected chi connectivity index (χ4v) is 4.87. The normalized spacial score (nSPS) is 26.4. The lowest BCUT2D eigenvalue weighted by Gasteiger charge is -2.24. The van der Waals surface area contributed by atoms with Gasteiger partial charge in [0.1, 0.15) is 0 Å². The van der Waals surface area contributed by atoms with Crippen LogP contribution in [0.15, 0.2) is 41.9 Å². The van der Waals surface area contributed by atoms with E-state index in [0.717, 1.165) is 30.8 Å². The van der Waals surface area contributed by atoms with Crippen molar-refractivity contribution in [2.24, 2.45) is 5.92 Å². The number of hydrogen-bond acceptors (Lipinski definition) is 4. The molecule has 0 radical (unpaired) electrons. The second-order valence-electron chi connectivity index (χ2n) is 6.68. The molecule has 2 aromatic rings. The SMILES string of the molecule is O=C(NCCc1nccs1)[C@@H]1C[C@H](c2ccccc2)N2CCC[C@@H]12. The van der Waals surface area contributed by atoms with Crippen molar-refractivity contribution in [1.82, 2.24) is 15.2 Å². The molecule has 0 unspecified atom stereocenters. The van der Waals surface area contributed by atoms with Gasteiger partial charge in [0.15, 0.2) is 0 Å². The van der Waals surface area contributed by atoms with Crippen molar-refractivity contribution >= 4 is 17.2 Å². The topological polar surface area (TPSA) is 45.2 Å². The van der Waals surface area contributed by atoms with Gasteiger partial charge < -0.3 is 5.32 Å². The molecule has 0 aliphatic carbocycles. The van der Waals surface area contributed by atoms with E-state index in [1.54, 1.807) is 11.3 Å². The summed E-state index contributed by atoms with van der Waals surface area (Å²) < 4.78 is 0. The van der Waals surface area contributed by atoms with Gasteiger partial charge in [0.05, 0.1) is 10.9 Å². The Kier molecular flexibility index (Phi) is 4.63. The minimum Gasteiger partial charge on any atom is -0.355 e. The standard InChI is InChI=1S/C19H23N3OS/c23-19(21-9-8-18-20-10-12-24-18)15-13-17(14-5-2-1-3-6-14)22-11-4-7-16(15)22/h1-3,5-6,10,12,15-17H,4,7-9,11,13H2,(H,21,23)/t15-,16+,17-/m1/s1. The first-order chi connectivity index (χ1) is 11.8. The molecule has 1 aromatic heterocycles. The first kappa shape index (κ1) is 15.8. The summed E-state index contributed by atoms with van der Waals surface area (Å²) in [4.78, 5) is 19.6. The summed E-state index contributed by atoms with van der Waals surface area (Å²) in [6.07, 6.45) is 5.94. The second kappa shape index (κ2) is 7.03. The van der Waals surface area contributed by atoms with Crippen LogP contribution >= 0.6 is 11.3 Å². The molecule has 2 aliphatic rings. The number of nitrogens with zero attached hydrogens (tertiary/aromatic N) is 2. The van der Waals surface area contributed by atoms with Crippen LogP contribution in [0.2, 0.25) is 0 Å². The molecule has 2 saturated heterocycles. The number of amides is 1. The Morgan fingerprint density at radius 1 is 1.33 bits per heavy atom. The Balaban J connectivity index is 1.40. The van der Waals surface area contributed by atoms with Gasteiger partial charge in [0.2, 0.25) is 5.91 Å². The molecule has 24 heavy (non-hydrogen) atoms. The molecule has 4 nitrogen and oxygen atoms in total. The number of benzene rings is 1. The van der Waals surface area contributed by atoms with Crippen molar-refractivity contribution < 1.29 is 4.79 Å². The minimum absolute atomic E-state index is 0.119. The zero-order valence-electron chi connectivity index (χ0n) is 13.7. The molecule has 1 aromatic carbocycles. The lowest BCUT2D eigenvalue weighted by atomic mass is 9.93. The molecule has 4 rings (SSSR count). The minimum atomic E-state index is 0.119. The third-order valence-corrected chi connectivity index (χ3v) is 6.17. The van der Waals surface area contributed by atoms with E-state index in [4.69, 9.17) is 0 Å². The van der Waals surface area contributed by atoms with E-state index in [-0.39, 0.29) is 11.8 Å². The van der Waals surface area contributed by atoms with Crippen molar-refractivity contribution in [1.29, 1.82) is 0 Å². The van der Waals surface area contributed by atoms with Crippen molar-refractivity contribution in [2.45, 2.75) is 37.8 Å². The molecular formula is C19H23N3OS. The smallest absolute Gasteiger partial charge is 0.224 e. The molecule has 0 saturated carbocycles. The Morgan fingerprint density at radius 3 is 3.00 bits per heavy atom. The van der Waals surface area contributed by atoms with Crippen LogP contribution in [0, 0.1) is 5.92 Å². The number of rotatable bonds is 5. The van der Waals surface area contributed by atoms with Gasteiger partial charge in [-0.3, -0.25) is 9.69 Å². The Morgan fingerprint density at radius 2 is 2.21 bits per heavy atom. The van der Waals surface area contributed by atoms with Crippen molar-refractivity contribution in [2.75, 3.05) is 13.1 Å². The highest BCUT2D eigenvalue weighted by atomic mass is 32.1. The van der Waals surface area contributed by atoms with E-state index in [0.29, 0.717) is 18.6 Å². The van der Waals surface area contributed by atoms with E-state index in [1.807, 2.05) is 11.6 Å². The quantitative estimate of drug-likeness (QED) is 0.909. The van der Waals surface area contributed by atoms with Crippen molar-refractivity contribution in [3.05, 3.63) is 52.5 Å². The van der Waals surface area contributed by atoms with Gasteiger partial charge in [0, 0.05) is 36.6 Å². The maximum Gasteiger partial charge on any atom is 0.224 e. The molecule has 3 atom stereocenters. The van der Waals surface area contributed by atoms with Crippen LogP contribution < -0.4 is 5.32 Å². The zero-order valence-corrected chi connectivity index (χ0v) is 14.5. The van der Waals surface area contributed by atoms with Gasteiger partial charge in [-0.2, -0.15) is 0 Å². The maximum absolute atomic E-state index is 12.7. The summed E-state index contributed by atoms with van der Waals surface area (Å²) in [5, 5.41) is 6.22. The fourth-order valence-electron chi connectivity index (χ4n) is 4.25. The summed E-state index contributed by atoms with van der Waals surface area (Å²) in [6, 6.07) is 11.5. The number of fused-ring (bicyclic) bond motifs is 1. The summed E-state index contributed by atoms with van der Waals surface area (Å²) in [6.45, 7) is 1.80. The molecule has 3 heterocycles. The largest absolute Gasteiger partial charge is 0.355 e. The molecule has 0 spiro atoms. The summed E-state index contributed by atoms with van der Waals surface area (Å²) in [5.41, 5.74) is 1.35. The molecule has 126 valence electrons. The number of thiazole rings is 1. The first-order valence-corrected chi connectivity index (χ1v) is 9.67. The molecule has 2 fully saturated rings. The molecule has 5 heteroatoms. The summed E-state index contributed by atoms with van der Waals surface area (Å²) in [7, 11) is 0. The monoisotopic (exact) mass is 341 g/mol. The molecular weight excluding hydrogens is 318 g/mol. The lowest BCUT2D eigenvalue weighted by Crippen LogP contribution is -2.38. The van der Waals surface area contributed by atoms with E-state index >= 15 is 0 Å². The fraction of sp³-hybridized carbons (Fsp3) is 0.474. The number of carbonyl (C=O) groups excluding carboxylic acids is 1. The van der Waals surface area contributed by atoms with E-state index < -0.39 is 0 Å². The van der Waals surface area contributed by atoms with Crippen LogP contribution in [0.3, 0.4) is 0 Å². The predicted molar refractivity (Wildman–Crippen MR) is 95.8 cm³/mol. The van der Waals surface area contributed by atoms with Crippen LogP contribution in [-0.2, 0) is 11.2 Å². The van der Waals surface area contributed by atoms with Crippen LogP contribution in [-0.4, -0.2) is 34.9 Å². The third kappa shape index (κ3) is 3.10. The summed E-state index contributed by atoms with van der Waals surface area (Å²) in [5.74, 6) is 0.343.